The highest BCUT2D eigenvalue weighted by Gasteiger charge is 2.64. The second-order valence-electron chi connectivity index (χ2n) is 7.78. The zero-order valence-electron chi connectivity index (χ0n) is 17.4. The third-order valence-corrected chi connectivity index (χ3v) is 6.31. The molecule has 1 aromatic carbocycles. The summed E-state index contributed by atoms with van der Waals surface area (Å²) in [4.78, 5) is 12.6. The number of alkyl halides is 8. The lowest BCUT2D eigenvalue weighted by atomic mass is 10.0. The van der Waals surface area contributed by atoms with Crippen LogP contribution < -0.4 is 5.32 Å². The molecule has 0 aliphatic heterocycles. The Morgan fingerprint density at radius 2 is 1.77 bits per heavy atom. The van der Waals surface area contributed by atoms with Crippen molar-refractivity contribution < 1.29 is 39.9 Å². The highest BCUT2D eigenvalue weighted by atomic mass is 35.5. The highest BCUT2D eigenvalue weighted by Crippen LogP contribution is 2.50. The summed E-state index contributed by atoms with van der Waals surface area (Å²) in [5.74, 6) is -6.30. The third-order valence-electron chi connectivity index (χ3n) is 5.14. The third kappa shape index (κ3) is 4.73. The number of carbonyl (C=O) groups excluding carboxylic acids is 1. The Labute approximate surface area is 200 Å². The van der Waals surface area contributed by atoms with Gasteiger partial charge in [0.2, 0.25) is 0 Å². The molecule has 15 heteroatoms. The average Bonchev–Trinajstić information content (AvgIpc) is 3.27. The van der Waals surface area contributed by atoms with Crippen molar-refractivity contribution in [3.8, 4) is 21.8 Å². The molecule has 35 heavy (non-hydrogen) atoms. The van der Waals surface area contributed by atoms with E-state index in [4.69, 9.17) is 11.6 Å². The van der Waals surface area contributed by atoms with Crippen molar-refractivity contribution >= 4 is 29.0 Å². The molecule has 3 aromatic rings. The van der Waals surface area contributed by atoms with Gasteiger partial charge in [-0.15, -0.1) is 0 Å². The summed E-state index contributed by atoms with van der Waals surface area (Å²) in [6, 6.07) is 5.36. The standard InChI is InChI=1S/C20H13ClF8N4OS/c1-33-15(14(19(24,25)26)16(31-33)18(22,23)20(27,28)29)12-7-13(35-32-12)8-2-5-11(21)10(6-8)17(34)30-9-3-4-9/h2,5-7,9H,3-4H2,1H3,(H,30,34). The van der Waals surface area contributed by atoms with Crippen LogP contribution in [0.4, 0.5) is 35.1 Å². The van der Waals surface area contributed by atoms with Gasteiger partial charge < -0.3 is 5.32 Å². The first-order valence-electron chi connectivity index (χ1n) is 9.78. The van der Waals surface area contributed by atoms with Crippen LogP contribution >= 0.6 is 23.1 Å². The lowest BCUT2D eigenvalue weighted by molar-refractivity contribution is -0.292. The number of halogens is 9. The summed E-state index contributed by atoms with van der Waals surface area (Å²) in [6.07, 6.45) is -10.2. The summed E-state index contributed by atoms with van der Waals surface area (Å²) in [6.45, 7) is 0. The number of nitrogens with one attached hydrogen (secondary N) is 1. The number of benzene rings is 1. The molecule has 0 bridgehead atoms. The van der Waals surface area contributed by atoms with Gasteiger partial charge in [0.1, 0.15) is 17.0 Å². The van der Waals surface area contributed by atoms with Crippen LogP contribution in [0.3, 0.4) is 0 Å². The molecule has 1 fully saturated rings. The van der Waals surface area contributed by atoms with E-state index in [-0.39, 0.29) is 26.2 Å². The SMILES string of the molecule is Cn1nc(C(F)(F)C(F)(F)F)c(C(F)(F)F)c1-c1cc(-c2ccc(Cl)c(C(=O)NC3CC3)c2)sn1. The van der Waals surface area contributed by atoms with Crippen molar-refractivity contribution in [3.05, 3.63) is 46.1 Å². The number of aromatic nitrogens is 3. The van der Waals surface area contributed by atoms with Gasteiger partial charge in [0.15, 0.2) is 5.69 Å². The van der Waals surface area contributed by atoms with E-state index in [0.29, 0.717) is 17.1 Å². The minimum Gasteiger partial charge on any atom is -0.349 e. The van der Waals surface area contributed by atoms with Crippen LogP contribution in [0.5, 0.6) is 0 Å². The first kappa shape index (κ1) is 25.4. The molecule has 1 aliphatic rings. The Balaban J connectivity index is 1.79. The van der Waals surface area contributed by atoms with E-state index >= 15 is 0 Å². The second kappa shape index (κ2) is 8.43. The molecule has 1 amide bonds. The first-order valence-corrected chi connectivity index (χ1v) is 10.9. The molecule has 1 saturated carbocycles. The average molecular weight is 545 g/mol. The molecule has 0 saturated heterocycles. The van der Waals surface area contributed by atoms with Gasteiger partial charge in [0, 0.05) is 13.1 Å². The fourth-order valence-corrected chi connectivity index (χ4v) is 4.24. The number of hydrogen-bond acceptors (Lipinski definition) is 4. The van der Waals surface area contributed by atoms with Crippen LogP contribution in [-0.4, -0.2) is 32.3 Å². The van der Waals surface area contributed by atoms with Gasteiger partial charge in [0.25, 0.3) is 5.91 Å². The molecule has 1 N–H and O–H groups in total. The predicted octanol–water partition coefficient (Wildman–Crippen LogP) is 6.43. The molecule has 5 nitrogen and oxygen atoms in total. The summed E-state index contributed by atoms with van der Waals surface area (Å²) < 4.78 is 112. The van der Waals surface area contributed by atoms with E-state index in [1.807, 2.05) is 0 Å². The lowest BCUT2D eigenvalue weighted by Crippen LogP contribution is -2.36. The van der Waals surface area contributed by atoms with Crippen LogP contribution in [0.1, 0.15) is 34.5 Å². The molecule has 0 spiro atoms. The molecule has 1 aliphatic carbocycles. The van der Waals surface area contributed by atoms with Crippen molar-refractivity contribution in [2.75, 3.05) is 0 Å². The second-order valence-corrected chi connectivity index (χ2v) is 9.00. The van der Waals surface area contributed by atoms with E-state index in [1.54, 1.807) is 0 Å². The number of nitrogens with zero attached hydrogens (tertiary/aromatic N) is 3. The topological polar surface area (TPSA) is 59.8 Å². The molecule has 2 aromatic heterocycles. The molecule has 2 heterocycles. The smallest absolute Gasteiger partial charge is 0.349 e. The van der Waals surface area contributed by atoms with Crippen molar-refractivity contribution in [1.82, 2.24) is 19.5 Å². The minimum absolute atomic E-state index is 0.0342. The maximum absolute atomic E-state index is 13.9. The van der Waals surface area contributed by atoms with Gasteiger partial charge in [-0.3, -0.25) is 9.48 Å². The summed E-state index contributed by atoms with van der Waals surface area (Å²) in [5.41, 5.74) is -5.84. The van der Waals surface area contributed by atoms with Crippen molar-refractivity contribution in [2.24, 2.45) is 7.05 Å². The fourth-order valence-electron chi connectivity index (χ4n) is 3.31. The number of carbonyl (C=O) groups is 1. The number of rotatable bonds is 5. The van der Waals surface area contributed by atoms with E-state index in [0.717, 1.165) is 26.0 Å². The van der Waals surface area contributed by atoms with E-state index in [1.165, 1.54) is 18.2 Å². The Kier molecular flexibility index (Phi) is 6.11. The number of amides is 1. The van der Waals surface area contributed by atoms with E-state index in [2.05, 4.69) is 14.8 Å². The lowest BCUT2D eigenvalue weighted by Gasteiger charge is -2.19. The monoisotopic (exact) mass is 544 g/mol. The van der Waals surface area contributed by atoms with E-state index in [9.17, 15) is 39.9 Å². The number of hydrogen-bond donors (Lipinski definition) is 1. The fraction of sp³-hybridized carbons (Fsp3) is 0.350. The molecule has 0 unspecified atom stereocenters. The van der Waals surface area contributed by atoms with Gasteiger partial charge in [-0.25, -0.2) is 0 Å². The Hall–Kier alpha value is -2.74. The highest BCUT2D eigenvalue weighted by molar-refractivity contribution is 7.09. The van der Waals surface area contributed by atoms with Crippen LogP contribution in [0.15, 0.2) is 24.3 Å². The molecule has 0 atom stereocenters. The molecular formula is C20H13ClF8N4OS. The molecule has 4 rings (SSSR count). The summed E-state index contributed by atoms with van der Waals surface area (Å²) in [5, 5.41) is 5.75. The van der Waals surface area contributed by atoms with Crippen molar-refractivity contribution in [3.63, 3.8) is 0 Å². The maximum Gasteiger partial charge on any atom is 0.459 e. The van der Waals surface area contributed by atoms with Crippen LogP contribution in [0.25, 0.3) is 21.8 Å². The van der Waals surface area contributed by atoms with Crippen LogP contribution in [0.2, 0.25) is 5.02 Å². The number of aryl methyl sites for hydroxylation is 1. The van der Waals surface area contributed by atoms with Crippen molar-refractivity contribution in [2.45, 2.75) is 37.2 Å². The van der Waals surface area contributed by atoms with Crippen LogP contribution in [-0.2, 0) is 19.1 Å². The van der Waals surface area contributed by atoms with Gasteiger partial charge in [0.05, 0.1) is 15.5 Å². The first-order chi connectivity index (χ1) is 16.1. The minimum atomic E-state index is -6.30. The predicted molar refractivity (Wildman–Crippen MR) is 110 cm³/mol. The Bertz CT molecular complexity index is 1290. The summed E-state index contributed by atoms with van der Waals surface area (Å²) in [7, 11) is 0.808. The largest absolute Gasteiger partial charge is 0.459 e. The van der Waals surface area contributed by atoms with Gasteiger partial charge in [-0.1, -0.05) is 17.7 Å². The zero-order valence-corrected chi connectivity index (χ0v) is 18.9. The van der Waals surface area contributed by atoms with E-state index < -0.39 is 46.8 Å². The Morgan fingerprint density at radius 3 is 2.34 bits per heavy atom. The normalized spacial score (nSPS) is 14.9. The van der Waals surface area contributed by atoms with Gasteiger partial charge in [-0.05, 0) is 48.1 Å². The Morgan fingerprint density at radius 1 is 1.11 bits per heavy atom. The summed E-state index contributed by atoms with van der Waals surface area (Å²) >= 11 is 6.74. The van der Waals surface area contributed by atoms with Gasteiger partial charge >= 0.3 is 18.3 Å². The molecule has 188 valence electrons. The van der Waals surface area contributed by atoms with Gasteiger partial charge in [-0.2, -0.15) is 44.6 Å². The maximum atomic E-state index is 13.9. The van der Waals surface area contributed by atoms with Crippen molar-refractivity contribution in [1.29, 1.82) is 0 Å². The van der Waals surface area contributed by atoms with Crippen LogP contribution in [0, 0.1) is 0 Å². The zero-order chi connectivity index (χ0) is 25.9. The quantitative estimate of drug-likeness (QED) is 0.377. The molecule has 0 radical (unpaired) electrons. The molecular weight excluding hydrogens is 532 g/mol.